The Labute approximate surface area is 155 Å². The van der Waals surface area contributed by atoms with Gasteiger partial charge in [-0.1, -0.05) is 62.4 Å². The fourth-order valence-corrected chi connectivity index (χ4v) is 5.85. The number of carboxylic acid groups (broad SMARTS) is 1. The van der Waals surface area contributed by atoms with Gasteiger partial charge in [-0.3, -0.25) is 0 Å². The Morgan fingerprint density at radius 1 is 0.769 bits per heavy atom. The van der Waals surface area contributed by atoms with Gasteiger partial charge >= 0.3 is 6.16 Å². The van der Waals surface area contributed by atoms with Gasteiger partial charge in [-0.25, -0.2) is 4.79 Å². The van der Waals surface area contributed by atoms with E-state index < -0.39 is 16.5 Å². The summed E-state index contributed by atoms with van der Waals surface area (Å²) in [5.41, 5.74) is 1.21. The Bertz CT molecular complexity index is 819. The Balaban J connectivity index is 2.28. The summed E-state index contributed by atoms with van der Waals surface area (Å²) in [6.07, 6.45) is -1.28. The highest BCUT2D eigenvalue weighted by atomic mass is 32.3. The molecular formula is C22H22O3S. The van der Waals surface area contributed by atoms with Crippen LogP contribution in [0.15, 0.2) is 99.6 Å². The van der Waals surface area contributed by atoms with Gasteiger partial charge in [0.2, 0.25) is 0 Å². The number of carbonyl (C=O) groups is 1. The molecule has 0 amide bonds. The lowest BCUT2D eigenvalue weighted by molar-refractivity contribution is 0.150. The molecule has 134 valence electrons. The average molecular weight is 366 g/mol. The molecule has 0 aliphatic carbocycles. The maximum absolute atomic E-state index is 11.7. The standard InChI is InChI=1S/C22H22O3S/c1-17(2)18-13-15-21(16-14-18)26(25-22(23)24,19-9-5-3-6-10-19)20-11-7-4-8-12-20/h3-17H,1-2H3,(H,23,24). The van der Waals surface area contributed by atoms with Gasteiger partial charge in [0.15, 0.2) is 0 Å². The molecule has 0 aliphatic rings. The summed E-state index contributed by atoms with van der Waals surface area (Å²) < 4.78 is 5.70. The van der Waals surface area contributed by atoms with Crippen molar-refractivity contribution < 1.29 is 14.1 Å². The van der Waals surface area contributed by atoms with Crippen LogP contribution in [0.1, 0.15) is 25.3 Å². The Hall–Kier alpha value is -2.72. The Morgan fingerprint density at radius 3 is 1.58 bits per heavy atom. The van der Waals surface area contributed by atoms with E-state index in [1.165, 1.54) is 5.56 Å². The minimum atomic E-state index is -2.37. The Kier molecular flexibility index (Phi) is 5.33. The summed E-state index contributed by atoms with van der Waals surface area (Å²) in [5.74, 6) is 0.405. The van der Waals surface area contributed by atoms with Crippen LogP contribution >= 0.6 is 10.3 Å². The van der Waals surface area contributed by atoms with Gasteiger partial charge in [0, 0.05) is 14.7 Å². The minimum Gasteiger partial charge on any atom is -0.449 e. The van der Waals surface area contributed by atoms with Crippen LogP contribution in [-0.2, 0) is 4.18 Å². The van der Waals surface area contributed by atoms with Crippen molar-refractivity contribution in [1.82, 2.24) is 0 Å². The predicted molar refractivity (Wildman–Crippen MR) is 105 cm³/mol. The fourth-order valence-electron chi connectivity index (χ4n) is 2.93. The lowest BCUT2D eigenvalue weighted by Crippen LogP contribution is -2.12. The van der Waals surface area contributed by atoms with Crippen molar-refractivity contribution in [2.45, 2.75) is 34.5 Å². The van der Waals surface area contributed by atoms with E-state index in [1.54, 1.807) is 0 Å². The van der Waals surface area contributed by atoms with Gasteiger partial charge in [0.25, 0.3) is 0 Å². The first kappa shape index (κ1) is 18.1. The molecule has 0 spiro atoms. The molecule has 0 bridgehead atoms. The summed E-state index contributed by atoms with van der Waals surface area (Å²) in [5, 5.41) is 9.57. The van der Waals surface area contributed by atoms with E-state index in [-0.39, 0.29) is 0 Å². The molecule has 0 atom stereocenters. The van der Waals surface area contributed by atoms with E-state index in [2.05, 4.69) is 26.0 Å². The highest BCUT2D eigenvalue weighted by Crippen LogP contribution is 2.69. The topological polar surface area (TPSA) is 46.5 Å². The number of hydrogen-bond acceptors (Lipinski definition) is 2. The van der Waals surface area contributed by atoms with Crippen molar-refractivity contribution >= 4 is 16.5 Å². The minimum absolute atomic E-state index is 0.405. The SMILES string of the molecule is CC(C)c1ccc(S(OC(=O)O)(c2ccccc2)c2ccccc2)cc1. The lowest BCUT2D eigenvalue weighted by Gasteiger charge is -2.38. The Morgan fingerprint density at radius 2 is 1.19 bits per heavy atom. The molecule has 0 aromatic heterocycles. The van der Waals surface area contributed by atoms with Gasteiger partial charge in [-0.15, -0.1) is 0 Å². The second-order valence-corrected chi connectivity index (χ2v) is 8.95. The van der Waals surface area contributed by atoms with E-state index in [9.17, 15) is 9.90 Å². The van der Waals surface area contributed by atoms with Crippen molar-refractivity contribution in [1.29, 1.82) is 0 Å². The molecule has 0 fully saturated rings. The summed E-state index contributed by atoms with van der Waals surface area (Å²) in [6, 6.07) is 27.3. The molecule has 1 N–H and O–H groups in total. The smallest absolute Gasteiger partial charge is 0.449 e. The van der Waals surface area contributed by atoms with Crippen LogP contribution in [-0.4, -0.2) is 11.3 Å². The van der Waals surface area contributed by atoms with E-state index >= 15 is 0 Å². The third-order valence-corrected chi connectivity index (χ3v) is 7.43. The van der Waals surface area contributed by atoms with E-state index in [0.29, 0.717) is 5.92 Å². The van der Waals surface area contributed by atoms with Crippen molar-refractivity contribution in [2.75, 3.05) is 0 Å². The second-order valence-electron chi connectivity index (χ2n) is 6.26. The average Bonchev–Trinajstić information content (AvgIpc) is 2.67. The van der Waals surface area contributed by atoms with Crippen molar-refractivity contribution in [2.24, 2.45) is 0 Å². The molecule has 0 unspecified atom stereocenters. The van der Waals surface area contributed by atoms with Gasteiger partial charge in [-0.2, -0.15) is 0 Å². The zero-order valence-electron chi connectivity index (χ0n) is 14.8. The van der Waals surface area contributed by atoms with Crippen LogP contribution in [0.4, 0.5) is 4.79 Å². The number of rotatable bonds is 5. The number of benzene rings is 3. The summed E-state index contributed by atoms with van der Waals surface area (Å²) in [7, 11) is -2.37. The molecule has 3 rings (SSSR count). The molecule has 0 heterocycles. The highest BCUT2D eigenvalue weighted by Gasteiger charge is 2.35. The molecule has 3 nitrogen and oxygen atoms in total. The normalized spacial score (nSPS) is 12.0. The first-order chi connectivity index (χ1) is 12.5. The molecule has 0 saturated carbocycles. The van der Waals surface area contributed by atoms with Crippen molar-refractivity contribution in [3.63, 3.8) is 0 Å². The van der Waals surface area contributed by atoms with Gasteiger partial charge in [0.1, 0.15) is 0 Å². The quantitative estimate of drug-likeness (QED) is 0.546. The fraction of sp³-hybridized carbons (Fsp3) is 0.136. The zero-order valence-corrected chi connectivity index (χ0v) is 15.6. The van der Waals surface area contributed by atoms with E-state index in [1.807, 2.05) is 72.8 Å². The van der Waals surface area contributed by atoms with Crippen molar-refractivity contribution in [3.05, 3.63) is 90.5 Å². The maximum Gasteiger partial charge on any atom is 0.517 e. The molecule has 4 heteroatoms. The number of hydrogen-bond donors (Lipinski definition) is 1. The molecule has 3 aromatic rings. The van der Waals surface area contributed by atoms with Gasteiger partial charge in [-0.05, 0) is 58.2 Å². The third kappa shape index (κ3) is 3.46. The third-order valence-electron chi connectivity index (χ3n) is 4.23. The first-order valence-electron chi connectivity index (χ1n) is 8.50. The monoisotopic (exact) mass is 366 g/mol. The molecular weight excluding hydrogens is 344 g/mol. The summed E-state index contributed by atoms with van der Waals surface area (Å²) in [6.45, 7) is 4.27. The van der Waals surface area contributed by atoms with Crippen LogP contribution < -0.4 is 0 Å². The molecule has 3 aromatic carbocycles. The molecule has 0 saturated heterocycles. The second kappa shape index (κ2) is 7.67. The first-order valence-corrected chi connectivity index (χ1v) is 10.1. The van der Waals surface area contributed by atoms with E-state index in [0.717, 1.165) is 14.7 Å². The van der Waals surface area contributed by atoms with Gasteiger partial charge in [0.05, 0.1) is 0 Å². The van der Waals surface area contributed by atoms with Crippen LogP contribution in [0.25, 0.3) is 0 Å². The van der Waals surface area contributed by atoms with Crippen molar-refractivity contribution in [3.8, 4) is 0 Å². The van der Waals surface area contributed by atoms with Crippen LogP contribution in [0.5, 0.6) is 0 Å². The van der Waals surface area contributed by atoms with Crippen LogP contribution in [0.2, 0.25) is 0 Å². The highest BCUT2D eigenvalue weighted by molar-refractivity contribution is 8.30. The predicted octanol–water partition coefficient (Wildman–Crippen LogP) is 6.70. The summed E-state index contributed by atoms with van der Waals surface area (Å²) >= 11 is 0. The lowest BCUT2D eigenvalue weighted by atomic mass is 10.0. The van der Waals surface area contributed by atoms with E-state index in [4.69, 9.17) is 4.18 Å². The summed E-state index contributed by atoms with van der Waals surface area (Å²) in [4.78, 5) is 14.3. The maximum atomic E-state index is 11.7. The largest absolute Gasteiger partial charge is 0.517 e. The molecule has 26 heavy (non-hydrogen) atoms. The molecule has 0 aliphatic heterocycles. The van der Waals surface area contributed by atoms with Gasteiger partial charge < -0.3 is 9.29 Å². The molecule has 0 radical (unpaired) electrons. The zero-order chi connectivity index (χ0) is 18.6. The van der Waals surface area contributed by atoms with Crippen LogP contribution in [0.3, 0.4) is 0 Å². The van der Waals surface area contributed by atoms with Crippen LogP contribution in [0, 0.1) is 0 Å².